The van der Waals surface area contributed by atoms with Gasteiger partial charge in [-0.05, 0) is 49.7 Å². The number of anilines is 2. The third-order valence-corrected chi connectivity index (χ3v) is 4.89. The van der Waals surface area contributed by atoms with Gasteiger partial charge in [0, 0.05) is 23.1 Å². The van der Waals surface area contributed by atoms with Crippen LogP contribution in [0.15, 0.2) is 46.9 Å². The molecule has 2 aromatic rings. The highest BCUT2D eigenvalue weighted by Gasteiger charge is 2.36. The molecule has 136 valence electrons. The highest BCUT2D eigenvalue weighted by atomic mass is 79.9. The normalized spacial score (nSPS) is 16.7. The number of benzene rings is 2. The fourth-order valence-electron chi connectivity index (χ4n) is 3.08. The monoisotopic (exact) mass is 416 g/mol. The molecule has 0 aliphatic carbocycles. The molecule has 2 amide bonds. The smallest absolute Gasteiger partial charge is 0.229 e. The maximum absolute atomic E-state index is 12.7. The number of rotatable bonds is 5. The number of nitrogens with zero attached hydrogens (tertiary/aromatic N) is 1. The molecule has 2 aromatic carbocycles. The molecule has 6 heteroatoms. The molecule has 1 atom stereocenters. The van der Waals surface area contributed by atoms with Crippen molar-refractivity contribution < 1.29 is 14.3 Å². The number of hydrogen-bond acceptors (Lipinski definition) is 3. The number of amides is 2. The topological polar surface area (TPSA) is 58.6 Å². The van der Waals surface area contributed by atoms with Crippen LogP contribution in [0.3, 0.4) is 0 Å². The third-order valence-electron chi connectivity index (χ3n) is 4.40. The minimum absolute atomic E-state index is 0.0650. The van der Waals surface area contributed by atoms with Gasteiger partial charge >= 0.3 is 0 Å². The molecule has 0 aromatic heterocycles. The molecule has 0 bridgehead atoms. The Morgan fingerprint density at radius 2 is 2.08 bits per heavy atom. The molecule has 5 nitrogen and oxygen atoms in total. The summed E-state index contributed by atoms with van der Waals surface area (Å²) in [5.41, 5.74) is 2.45. The van der Waals surface area contributed by atoms with Crippen molar-refractivity contribution in [1.82, 2.24) is 0 Å². The van der Waals surface area contributed by atoms with Gasteiger partial charge in [0.15, 0.2) is 0 Å². The molecule has 1 N–H and O–H groups in total. The van der Waals surface area contributed by atoms with Crippen molar-refractivity contribution >= 4 is 39.1 Å². The summed E-state index contributed by atoms with van der Waals surface area (Å²) in [6.45, 7) is 4.71. The fraction of sp³-hybridized carbons (Fsp3) is 0.300. The minimum Gasteiger partial charge on any atom is -0.492 e. The summed E-state index contributed by atoms with van der Waals surface area (Å²) in [5.74, 6) is 0.0680. The molecule has 1 saturated heterocycles. The second-order valence-corrected chi connectivity index (χ2v) is 7.17. The van der Waals surface area contributed by atoms with Gasteiger partial charge in [-0.25, -0.2) is 0 Å². The van der Waals surface area contributed by atoms with E-state index in [2.05, 4.69) is 21.2 Å². The van der Waals surface area contributed by atoms with Gasteiger partial charge < -0.3 is 15.0 Å². The summed E-state index contributed by atoms with van der Waals surface area (Å²) in [6.07, 6.45) is 0.196. The SMILES string of the molecule is CCOc1ccccc1N1CC(C(=O)Nc2ccc(Br)cc2C)CC1=O. The van der Waals surface area contributed by atoms with Gasteiger partial charge in [0.05, 0.1) is 18.2 Å². The largest absolute Gasteiger partial charge is 0.492 e. The van der Waals surface area contributed by atoms with E-state index in [0.717, 1.165) is 21.4 Å². The molecule has 1 heterocycles. The Morgan fingerprint density at radius 3 is 2.81 bits per heavy atom. The van der Waals surface area contributed by atoms with Crippen molar-refractivity contribution in [2.75, 3.05) is 23.4 Å². The summed E-state index contributed by atoms with van der Waals surface area (Å²) in [7, 11) is 0. The number of ether oxygens (including phenoxy) is 1. The zero-order chi connectivity index (χ0) is 18.7. The number of aryl methyl sites for hydroxylation is 1. The van der Waals surface area contributed by atoms with E-state index in [-0.39, 0.29) is 24.2 Å². The molecule has 0 saturated carbocycles. The lowest BCUT2D eigenvalue weighted by Crippen LogP contribution is -2.28. The third kappa shape index (κ3) is 3.90. The molecule has 3 rings (SSSR count). The van der Waals surface area contributed by atoms with Gasteiger partial charge in [0.25, 0.3) is 0 Å². The molecule has 1 aliphatic rings. The van der Waals surface area contributed by atoms with Crippen LogP contribution >= 0.6 is 15.9 Å². The van der Waals surface area contributed by atoms with E-state index in [1.807, 2.05) is 56.3 Å². The first-order valence-corrected chi connectivity index (χ1v) is 9.38. The van der Waals surface area contributed by atoms with E-state index in [0.29, 0.717) is 18.9 Å². The van der Waals surface area contributed by atoms with Gasteiger partial charge in [-0.15, -0.1) is 0 Å². The molecule has 26 heavy (non-hydrogen) atoms. The van der Waals surface area contributed by atoms with Crippen molar-refractivity contribution in [2.24, 2.45) is 5.92 Å². The van der Waals surface area contributed by atoms with Crippen molar-refractivity contribution in [1.29, 1.82) is 0 Å². The Hall–Kier alpha value is -2.34. The van der Waals surface area contributed by atoms with E-state index in [1.54, 1.807) is 4.90 Å². The van der Waals surface area contributed by atoms with Crippen LogP contribution < -0.4 is 15.0 Å². The zero-order valence-electron chi connectivity index (χ0n) is 14.8. The number of carbonyl (C=O) groups is 2. The maximum Gasteiger partial charge on any atom is 0.229 e. The number of nitrogens with one attached hydrogen (secondary N) is 1. The standard InChI is InChI=1S/C20H21BrN2O3/c1-3-26-18-7-5-4-6-17(18)23-12-14(11-19(23)24)20(25)22-16-9-8-15(21)10-13(16)2/h4-10,14H,3,11-12H2,1-2H3,(H,22,25). The Kier molecular flexibility index (Phi) is 5.61. The average Bonchev–Trinajstić information content (AvgIpc) is 3.00. The van der Waals surface area contributed by atoms with Crippen LogP contribution in [0.4, 0.5) is 11.4 Å². The van der Waals surface area contributed by atoms with Crippen molar-refractivity contribution in [3.8, 4) is 5.75 Å². The Morgan fingerprint density at radius 1 is 1.31 bits per heavy atom. The molecule has 1 unspecified atom stereocenters. The lowest BCUT2D eigenvalue weighted by molar-refractivity contribution is -0.122. The molecule has 0 spiro atoms. The van der Waals surface area contributed by atoms with Crippen LogP contribution in [0.2, 0.25) is 0 Å². The van der Waals surface area contributed by atoms with Crippen molar-refractivity contribution in [3.05, 3.63) is 52.5 Å². The molecule has 1 aliphatic heterocycles. The Bertz CT molecular complexity index is 838. The highest BCUT2D eigenvalue weighted by Crippen LogP contribution is 2.33. The second kappa shape index (κ2) is 7.91. The average molecular weight is 417 g/mol. The molecular weight excluding hydrogens is 396 g/mol. The molecule has 0 radical (unpaired) electrons. The zero-order valence-corrected chi connectivity index (χ0v) is 16.4. The number of halogens is 1. The first-order chi connectivity index (χ1) is 12.5. The van der Waals surface area contributed by atoms with Gasteiger partial charge in [-0.2, -0.15) is 0 Å². The van der Waals surface area contributed by atoms with Crippen LogP contribution in [0.5, 0.6) is 5.75 Å². The quantitative estimate of drug-likeness (QED) is 0.796. The molecule has 1 fully saturated rings. The van der Waals surface area contributed by atoms with Crippen LogP contribution in [0.25, 0.3) is 0 Å². The summed E-state index contributed by atoms with van der Waals surface area (Å²) in [4.78, 5) is 26.8. The number of para-hydroxylation sites is 2. The van der Waals surface area contributed by atoms with E-state index >= 15 is 0 Å². The fourth-order valence-corrected chi connectivity index (χ4v) is 3.55. The number of carbonyl (C=O) groups excluding carboxylic acids is 2. The van der Waals surface area contributed by atoms with Gasteiger partial charge in [0.1, 0.15) is 5.75 Å². The number of hydrogen-bond donors (Lipinski definition) is 1. The predicted octanol–water partition coefficient (Wildman–Crippen LogP) is 4.15. The van der Waals surface area contributed by atoms with Crippen molar-refractivity contribution in [3.63, 3.8) is 0 Å². The van der Waals surface area contributed by atoms with Gasteiger partial charge in [0.2, 0.25) is 11.8 Å². The first-order valence-electron chi connectivity index (χ1n) is 8.58. The maximum atomic E-state index is 12.7. The Labute approximate surface area is 161 Å². The van der Waals surface area contributed by atoms with Crippen LogP contribution in [-0.4, -0.2) is 25.0 Å². The summed E-state index contributed by atoms with van der Waals surface area (Å²) in [5, 5.41) is 2.94. The van der Waals surface area contributed by atoms with E-state index in [4.69, 9.17) is 4.74 Å². The van der Waals surface area contributed by atoms with Gasteiger partial charge in [-0.1, -0.05) is 28.1 Å². The van der Waals surface area contributed by atoms with E-state index < -0.39 is 0 Å². The summed E-state index contributed by atoms with van der Waals surface area (Å²) < 4.78 is 6.58. The first kappa shape index (κ1) is 18.5. The van der Waals surface area contributed by atoms with E-state index in [1.165, 1.54) is 0 Å². The lowest BCUT2D eigenvalue weighted by atomic mass is 10.1. The van der Waals surface area contributed by atoms with E-state index in [9.17, 15) is 9.59 Å². The highest BCUT2D eigenvalue weighted by molar-refractivity contribution is 9.10. The van der Waals surface area contributed by atoms with Crippen LogP contribution in [0, 0.1) is 12.8 Å². The minimum atomic E-state index is -0.389. The predicted molar refractivity (Wildman–Crippen MR) is 106 cm³/mol. The molecular formula is C20H21BrN2O3. The Balaban J connectivity index is 1.74. The van der Waals surface area contributed by atoms with Crippen molar-refractivity contribution in [2.45, 2.75) is 20.3 Å². The van der Waals surface area contributed by atoms with Gasteiger partial charge in [-0.3, -0.25) is 9.59 Å². The summed E-state index contributed by atoms with van der Waals surface area (Å²) >= 11 is 3.41. The van der Waals surface area contributed by atoms with Crippen LogP contribution in [-0.2, 0) is 9.59 Å². The van der Waals surface area contributed by atoms with Crippen LogP contribution in [0.1, 0.15) is 18.9 Å². The lowest BCUT2D eigenvalue weighted by Gasteiger charge is -2.20. The second-order valence-electron chi connectivity index (χ2n) is 6.25. The summed E-state index contributed by atoms with van der Waals surface area (Å²) in [6, 6.07) is 13.1.